The molecule has 0 aliphatic heterocycles. The fourth-order valence-electron chi connectivity index (χ4n) is 1.48. The molecule has 3 nitrogen and oxygen atoms in total. The SMILES string of the molecule is O=C(CNCc1ccc(Cl)cc1Br)NC1CC1. The van der Waals surface area contributed by atoms with Crippen LogP contribution in [0.2, 0.25) is 5.02 Å². The summed E-state index contributed by atoms with van der Waals surface area (Å²) in [4.78, 5) is 11.4. The lowest BCUT2D eigenvalue weighted by Gasteiger charge is -2.07. The summed E-state index contributed by atoms with van der Waals surface area (Å²) < 4.78 is 0.958. The van der Waals surface area contributed by atoms with E-state index in [2.05, 4.69) is 26.6 Å². The molecule has 1 amide bonds. The molecular weight excluding hydrogens is 304 g/mol. The van der Waals surface area contributed by atoms with Crippen molar-refractivity contribution in [2.75, 3.05) is 6.54 Å². The summed E-state index contributed by atoms with van der Waals surface area (Å²) in [5, 5.41) is 6.74. The van der Waals surface area contributed by atoms with E-state index in [1.165, 1.54) is 0 Å². The first-order valence-corrected chi connectivity index (χ1v) is 6.76. The van der Waals surface area contributed by atoms with Gasteiger partial charge in [0.2, 0.25) is 5.91 Å². The van der Waals surface area contributed by atoms with Crippen molar-refractivity contribution in [3.05, 3.63) is 33.3 Å². The molecule has 1 fully saturated rings. The van der Waals surface area contributed by atoms with Crippen molar-refractivity contribution >= 4 is 33.4 Å². The highest BCUT2D eigenvalue weighted by Crippen LogP contribution is 2.21. The minimum Gasteiger partial charge on any atom is -0.352 e. The highest BCUT2D eigenvalue weighted by atomic mass is 79.9. The number of rotatable bonds is 5. The molecule has 2 N–H and O–H groups in total. The van der Waals surface area contributed by atoms with Crippen molar-refractivity contribution in [2.45, 2.75) is 25.4 Å². The predicted octanol–water partition coefficient (Wildman–Crippen LogP) is 2.47. The number of benzene rings is 1. The van der Waals surface area contributed by atoms with Crippen LogP contribution in [0.15, 0.2) is 22.7 Å². The number of carbonyl (C=O) groups is 1. The molecule has 0 bridgehead atoms. The molecule has 5 heteroatoms. The molecule has 0 heterocycles. The van der Waals surface area contributed by atoms with Gasteiger partial charge in [0.15, 0.2) is 0 Å². The molecule has 0 radical (unpaired) electrons. The number of halogens is 2. The van der Waals surface area contributed by atoms with E-state index in [4.69, 9.17) is 11.6 Å². The number of hydrogen-bond donors (Lipinski definition) is 2. The summed E-state index contributed by atoms with van der Waals surface area (Å²) >= 11 is 9.29. The first-order chi connectivity index (χ1) is 8.15. The third kappa shape index (κ3) is 4.30. The lowest BCUT2D eigenvalue weighted by Crippen LogP contribution is -2.34. The summed E-state index contributed by atoms with van der Waals surface area (Å²) in [5.41, 5.74) is 1.09. The van der Waals surface area contributed by atoms with Crippen LogP contribution in [0.3, 0.4) is 0 Å². The minimum atomic E-state index is 0.0672. The van der Waals surface area contributed by atoms with E-state index in [0.717, 1.165) is 22.9 Å². The summed E-state index contributed by atoms with van der Waals surface area (Å²) in [6, 6.07) is 6.06. The Morgan fingerprint density at radius 3 is 2.88 bits per heavy atom. The smallest absolute Gasteiger partial charge is 0.234 e. The second-order valence-electron chi connectivity index (χ2n) is 4.18. The topological polar surface area (TPSA) is 41.1 Å². The van der Waals surface area contributed by atoms with Crippen LogP contribution in [0.1, 0.15) is 18.4 Å². The maximum absolute atomic E-state index is 11.4. The van der Waals surface area contributed by atoms with Gasteiger partial charge in [0.05, 0.1) is 6.54 Å². The van der Waals surface area contributed by atoms with Gasteiger partial charge in [0, 0.05) is 22.1 Å². The van der Waals surface area contributed by atoms with Gasteiger partial charge in [-0.1, -0.05) is 33.6 Å². The van der Waals surface area contributed by atoms with Crippen LogP contribution in [-0.4, -0.2) is 18.5 Å². The van der Waals surface area contributed by atoms with Gasteiger partial charge in [-0.2, -0.15) is 0 Å². The quantitative estimate of drug-likeness (QED) is 0.876. The molecule has 0 spiro atoms. The molecular formula is C12H14BrClN2O. The second kappa shape index (κ2) is 5.85. The Hall–Kier alpha value is -0.580. The van der Waals surface area contributed by atoms with Gasteiger partial charge in [-0.15, -0.1) is 0 Å². The van der Waals surface area contributed by atoms with Crippen LogP contribution in [-0.2, 0) is 11.3 Å². The summed E-state index contributed by atoms with van der Waals surface area (Å²) in [6.45, 7) is 1.00. The third-order valence-corrected chi connectivity index (χ3v) is 3.53. The minimum absolute atomic E-state index is 0.0672. The molecule has 1 saturated carbocycles. The molecule has 0 unspecified atom stereocenters. The Morgan fingerprint density at radius 1 is 1.47 bits per heavy atom. The lowest BCUT2D eigenvalue weighted by atomic mass is 10.2. The van der Waals surface area contributed by atoms with E-state index in [1.807, 2.05) is 18.2 Å². The fourth-order valence-corrected chi connectivity index (χ4v) is 2.30. The molecule has 2 rings (SSSR count). The second-order valence-corrected chi connectivity index (χ2v) is 5.47. The normalized spacial score (nSPS) is 14.7. The van der Waals surface area contributed by atoms with E-state index < -0.39 is 0 Å². The number of hydrogen-bond acceptors (Lipinski definition) is 2. The Balaban J connectivity index is 1.75. The zero-order valence-corrected chi connectivity index (χ0v) is 11.6. The zero-order chi connectivity index (χ0) is 12.3. The molecule has 1 aromatic carbocycles. The van der Waals surface area contributed by atoms with Crippen LogP contribution in [0.5, 0.6) is 0 Å². The molecule has 1 aliphatic rings. The van der Waals surface area contributed by atoms with Gasteiger partial charge in [-0.3, -0.25) is 4.79 Å². The molecule has 0 atom stereocenters. The zero-order valence-electron chi connectivity index (χ0n) is 9.30. The van der Waals surface area contributed by atoms with E-state index in [1.54, 1.807) is 0 Å². The Kier molecular flexibility index (Phi) is 4.42. The molecule has 92 valence electrons. The van der Waals surface area contributed by atoms with Crippen LogP contribution < -0.4 is 10.6 Å². The van der Waals surface area contributed by atoms with Crippen molar-refractivity contribution in [3.63, 3.8) is 0 Å². The maximum atomic E-state index is 11.4. The maximum Gasteiger partial charge on any atom is 0.234 e. The van der Waals surface area contributed by atoms with Crippen LogP contribution in [0.25, 0.3) is 0 Å². The van der Waals surface area contributed by atoms with Crippen LogP contribution in [0, 0.1) is 0 Å². The van der Waals surface area contributed by atoms with Gasteiger partial charge >= 0.3 is 0 Å². The molecule has 17 heavy (non-hydrogen) atoms. The summed E-state index contributed by atoms with van der Waals surface area (Å²) in [5.74, 6) is 0.0672. The average Bonchev–Trinajstić information content (AvgIpc) is 3.05. The standard InChI is InChI=1S/C12H14BrClN2O/c13-11-5-9(14)2-1-8(11)6-15-7-12(17)16-10-3-4-10/h1-2,5,10,15H,3-4,6-7H2,(H,16,17). The highest BCUT2D eigenvalue weighted by Gasteiger charge is 2.22. The molecule has 1 aromatic rings. The number of nitrogens with one attached hydrogen (secondary N) is 2. The lowest BCUT2D eigenvalue weighted by molar-refractivity contribution is -0.120. The van der Waals surface area contributed by atoms with Crippen molar-refractivity contribution < 1.29 is 4.79 Å². The first-order valence-electron chi connectivity index (χ1n) is 5.59. The predicted molar refractivity (Wildman–Crippen MR) is 72.0 cm³/mol. The molecule has 0 aromatic heterocycles. The summed E-state index contributed by atoms with van der Waals surface area (Å²) in [6.07, 6.45) is 2.24. The van der Waals surface area contributed by atoms with E-state index >= 15 is 0 Å². The van der Waals surface area contributed by atoms with E-state index in [-0.39, 0.29) is 5.91 Å². The van der Waals surface area contributed by atoms with Crippen molar-refractivity contribution in [3.8, 4) is 0 Å². The Morgan fingerprint density at radius 2 is 2.24 bits per heavy atom. The van der Waals surface area contributed by atoms with Crippen LogP contribution in [0.4, 0.5) is 0 Å². The van der Waals surface area contributed by atoms with Crippen molar-refractivity contribution in [1.82, 2.24) is 10.6 Å². The monoisotopic (exact) mass is 316 g/mol. The van der Waals surface area contributed by atoms with Gasteiger partial charge in [0.25, 0.3) is 0 Å². The first kappa shape index (κ1) is 12.9. The fraction of sp³-hybridized carbons (Fsp3) is 0.417. The van der Waals surface area contributed by atoms with Gasteiger partial charge in [0.1, 0.15) is 0 Å². The molecule has 1 aliphatic carbocycles. The Bertz CT molecular complexity index is 421. The summed E-state index contributed by atoms with van der Waals surface area (Å²) in [7, 11) is 0. The number of amides is 1. The van der Waals surface area contributed by atoms with E-state index in [0.29, 0.717) is 24.2 Å². The van der Waals surface area contributed by atoms with Gasteiger partial charge < -0.3 is 10.6 Å². The average molecular weight is 318 g/mol. The Labute approximate surface area is 114 Å². The number of carbonyl (C=O) groups excluding carboxylic acids is 1. The van der Waals surface area contributed by atoms with Crippen LogP contribution >= 0.6 is 27.5 Å². The van der Waals surface area contributed by atoms with Crippen molar-refractivity contribution in [1.29, 1.82) is 0 Å². The third-order valence-electron chi connectivity index (χ3n) is 2.56. The largest absolute Gasteiger partial charge is 0.352 e. The van der Waals surface area contributed by atoms with Gasteiger partial charge in [-0.25, -0.2) is 0 Å². The van der Waals surface area contributed by atoms with Crippen molar-refractivity contribution in [2.24, 2.45) is 0 Å². The van der Waals surface area contributed by atoms with Gasteiger partial charge in [-0.05, 0) is 30.5 Å². The van der Waals surface area contributed by atoms with E-state index in [9.17, 15) is 4.79 Å². The molecule has 0 saturated heterocycles. The highest BCUT2D eigenvalue weighted by molar-refractivity contribution is 9.10.